The van der Waals surface area contributed by atoms with Crippen LogP contribution in [0.2, 0.25) is 0 Å². The lowest BCUT2D eigenvalue weighted by atomic mass is 10.1. The van der Waals surface area contributed by atoms with Crippen molar-refractivity contribution in [1.29, 1.82) is 0 Å². The molecule has 1 heterocycles. The molecule has 0 aliphatic heterocycles. The molecule has 9 heteroatoms. The number of anilines is 1. The Morgan fingerprint density at radius 3 is 2.37 bits per heavy atom. The van der Waals surface area contributed by atoms with Crippen molar-refractivity contribution in [3.63, 3.8) is 0 Å². The number of rotatable bonds is 9. The Hall–Kier alpha value is -3.59. The minimum absolute atomic E-state index is 0.00372. The summed E-state index contributed by atoms with van der Waals surface area (Å²) < 4.78 is 53.3. The molecular formula is C26H27F3N2O4. The molecule has 0 spiro atoms. The maximum absolute atomic E-state index is 12.8. The molecule has 2 aromatic carbocycles. The number of hydrogen-bond acceptors (Lipinski definition) is 5. The molecule has 0 aliphatic carbocycles. The van der Waals surface area contributed by atoms with E-state index in [1.165, 1.54) is 24.3 Å². The first kappa shape index (κ1) is 26.0. The van der Waals surface area contributed by atoms with Crippen LogP contribution < -0.4 is 14.8 Å². The summed E-state index contributed by atoms with van der Waals surface area (Å²) in [5.41, 5.74) is 2.20. The molecule has 0 saturated heterocycles. The molecular weight excluding hydrogens is 461 g/mol. The summed E-state index contributed by atoms with van der Waals surface area (Å²) in [6, 6.07) is 15.3. The number of hydrogen-bond donors (Lipinski definition) is 1. The van der Waals surface area contributed by atoms with Crippen LogP contribution in [-0.2, 0) is 11.2 Å². The monoisotopic (exact) mass is 488 g/mol. The Bertz CT molecular complexity index is 1170. The second kappa shape index (κ2) is 11.2. The Morgan fingerprint density at radius 2 is 1.71 bits per heavy atom. The number of pyridine rings is 1. The molecule has 1 atom stereocenters. The van der Waals surface area contributed by atoms with Crippen LogP contribution in [0.15, 0.2) is 60.7 Å². The highest BCUT2D eigenvalue weighted by atomic mass is 19.4. The lowest BCUT2D eigenvalue weighted by Gasteiger charge is -2.16. The van der Waals surface area contributed by atoms with Crippen molar-refractivity contribution in [3.05, 3.63) is 77.6 Å². The quantitative estimate of drug-likeness (QED) is 0.363. The first-order valence-corrected chi connectivity index (χ1v) is 11.1. The van der Waals surface area contributed by atoms with Gasteiger partial charge in [0.2, 0.25) is 0 Å². The second-order valence-corrected chi connectivity index (χ2v) is 8.21. The summed E-state index contributed by atoms with van der Waals surface area (Å²) >= 11 is 0. The molecule has 6 nitrogen and oxygen atoms in total. The Balaban J connectivity index is 1.70. The van der Waals surface area contributed by atoms with Gasteiger partial charge in [0.15, 0.2) is 11.5 Å². The van der Waals surface area contributed by atoms with Gasteiger partial charge >= 0.3 is 6.36 Å². The third kappa shape index (κ3) is 7.99. The molecule has 1 aromatic heterocycles. The van der Waals surface area contributed by atoms with E-state index in [2.05, 4.69) is 15.0 Å². The van der Waals surface area contributed by atoms with E-state index in [-0.39, 0.29) is 29.6 Å². The topological polar surface area (TPSA) is 69.7 Å². The molecule has 3 aromatic rings. The number of aryl methyl sites for hydroxylation is 1. The van der Waals surface area contributed by atoms with E-state index in [9.17, 15) is 18.0 Å². The van der Waals surface area contributed by atoms with E-state index in [0.29, 0.717) is 23.4 Å². The predicted molar refractivity (Wildman–Crippen MR) is 126 cm³/mol. The number of para-hydroxylation sites is 2. The van der Waals surface area contributed by atoms with Crippen LogP contribution in [0.1, 0.15) is 42.5 Å². The summed E-state index contributed by atoms with van der Waals surface area (Å²) in [7, 11) is 0. The molecule has 0 aliphatic rings. The van der Waals surface area contributed by atoms with Crippen LogP contribution in [0.5, 0.6) is 17.2 Å². The van der Waals surface area contributed by atoms with Crippen LogP contribution in [0, 0.1) is 6.92 Å². The second-order valence-electron chi connectivity index (χ2n) is 8.21. The third-order valence-electron chi connectivity index (χ3n) is 4.78. The Labute approximate surface area is 202 Å². The van der Waals surface area contributed by atoms with Gasteiger partial charge in [-0.2, -0.15) is 0 Å². The average molecular weight is 489 g/mol. The molecule has 0 radical (unpaired) electrons. The van der Waals surface area contributed by atoms with Gasteiger partial charge in [0.1, 0.15) is 5.75 Å². The molecule has 186 valence electrons. The van der Waals surface area contributed by atoms with Crippen LogP contribution in [0.3, 0.4) is 0 Å². The van der Waals surface area contributed by atoms with E-state index >= 15 is 0 Å². The Kier molecular flexibility index (Phi) is 8.34. The van der Waals surface area contributed by atoms with E-state index in [1.807, 2.05) is 20.8 Å². The Morgan fingerprint density at radius 1 is 1.00 bits per heavy atom. The highest BCUT2D eigenvalue weighted by Crippen LogP contribution is 2.35. The van der Waals surface area contributed by atoms with Crippen molar-refractivity contribution >= 4 is 11.6 Å². The van der Waals surface area contributed by atoms with Crippen molar-refractivity contribution in [2.24, 2.45) is 0 Å². The van der Waals surface area contributed by atoms with Gasteiger partial charge in [-0.05, 0) is 64.1 Å². The minimum atomic E-state index is -4.85. The van der Waals surface area contributed by atoms with Crippen molar-refractivity contribution in [3.8, 4) is 17.2 Å². The highest BCUT2D eigenvalue weighted by molar-refractivity contribution is 6.05. The maximum Gasteiger partial charge on any atom is 0.573 e. The SMILES string of the molecule is Cc1nc(CC(C)OC(C)C)ccc1C(=O)Nc1cccc(Oc2ccccc2OC(F)(F)F)c1. The van der Waals surface area contributed by atoms with Crippen molar-refractivity contribution in [2.75, 3.05) is 5.32 Å². The fraction of sp³-hybridized carbons (Fsp3) is 0.308. The van der Waals surface area contributed by atoms with Crippen LogP contribution in [-0.4, -0.2) is 29.5 Å². The summed E-state index contributed by atoms with van der Waals surface area (Å²) in [4.78, 5) is 17.4. The number of aromatic nitrogens is 1. The van der Waals surface area contributed by atoms with E-state index < -0.39 is 12.1 Å². The number of ether oxygens (including phenoxy) is 3. The van der Waals surface area contributed by atoms with Gasteiger partial charge in [0.05, 0.1) is 23.5 Å². The molecule has 0 fully saturated rings. The number of halogens is 3. The smallest absolute Gasteiger partial charge is 0.453 e. The number of amides is 1. The largest absolute Gasteiger partial charge is 0.573 e. The molecule has 0 bridgehead atoms. The van der Waals surface area contributed by atoms with Crippen molar-refractivity contribution in [2.45, 2.75) is 52.7 Å². The fourth-order valence-corrected chi connectivity index (χ4v) is 3.48. The van der Waals surface area contributed by atoms with Crippen LogP contribution in [0.4, 0.5) is 18.9 Å². The van der Waals surface area contributed by atoms with Crippen molar-refractivity contribution < 1.29 is 32.2 Å². The van der Waals surface area contributed by atoms with Gasteiger partial charge in [0, 0.05) is 23.9 Å². The van der Waals surface area contributed by atoms with Gasteiger partial charge in [-0.1, -0.05) is 18.2 Å². The lowest BCUT2D eigenvalue weighted by Crippen LogP contribution is -2.18. The normalized spacial score (nSPS) is 12.3. The minimum Gasteiger partial charge on any atom is -0.453 e. The van der Waals surface area contributed by atoms with E-state index in [0.717, 1.165) is 11.8 Å². The number of alkyl halides is 3. The van der Waals surface area contributed by atoms with Crippen LogP contribution >= 0.6 is 0 Å². The number of nitrogens with one attached hydrogen (secondary N) is 1. The molecule has 1 unspecified atom stereocenters. The number of carbonyl (C=O) groups is 1. The lowest BCUT2D eigenvalue weighted by molar-refractivity contribution is -0.275. The van der Waals surface area contributed by atoms with E-state index in [4.69, 9.17) is 9.47 Å². The first-order valence-electron chi connectivity index (χ1n) is 11.1. The van der Waals surface area contributed by atoms with Gasteiger partial charge in [-0.3, -0.25) is 9.78 Å². The molecule has 1 N–H and O–H groups in total. The number of benzene rings is 2. The number of nitrogens with zero attached hydrogens (tertiary/aromatic N) is 1. The first-order chi connectivity index (χ1) is 16.5. The molecule has 1 amide bonds. The zero-order valence-corrected chi connectivity index (χ0v) is 19.8. The highest BCUT2D eigenvalue weighted by Gasteiger charge is 2.32. The zero-order chi connectivity index (χ0) is 25.6. The summed E-state index contributed by atoms with van der Waals surface area (Å²) in [5.74, 6) is -0.722. The molecule has 35 heavy (non-hydrogen) atoms. The van der Waals surface area contributed by atoms with Gasteiger partial charge in [0.25, 0.3) is 5.91 Å². The standard InChI is InChI=1S/C26H27F3N2O4/c1-16(2)33-17(3)14-20-12-13-22(18(4)30-20)25(32)31-19-8-7-9-21(15-19)34-23-10-5-6-11-24(23)35-26(27,28)29/h5-13,15-17H,14H2,1-4H3,(H,31,32). The molecule has 0 saturated carbocycles. The third-order valence-corrected chi connectivity index (χ3v) is 4.78. The summed E-state index contributed by atoms with van der Waals surface area (Å²) in [5, 5.41) is 2.77. The summed E-state index contributed by atoms with van der Waals surface area (Å²) in [6.07, 6.45) is -4.12. The maximum atomic E-state index is 12.8. The van der Waals surface area contributed by atoms with Gasteiger partial charge in [-0.15, -0.1) is 13.2 Å². The van der Waals surface area contributed by atoms with Gasteiger partial charge in [-0.25, -0.2) is 0 Å². The van der Waals surface area contributed by atoms with Crippen LogP contribution in [0.25, 0.3) is 0 Å². The average Bonchev–Trinajstić information content (AvgIpc) is 2.74. The molecule has 3 rings (SSSR count). The van der Waals surface area contributed by atoms with Gasteiger partial charge < -0.3 is 19.5 Å². The predicted octanol–water partition coefficient (Wildman–Crippen LogP) is 6.69. The van der Waals surface area contributed by atoms with E-state index in [1.54, 1.807) is 37.3 Å². The zero-order valence-electron chi connectivity index (χ0n) is 19.8. The van der Waals surface area contributed by atoms with Crippen molar-refractivity contribution in [1.82, 2.24) is 4.98 Å². The fourth-order valence-electron chi connectivity index (χ4n) is 3.48. The summed E-state index contributed by atoms with van der Waals surface area (Å²) in [6.45, 7) is 7.67. The number of carbonyl (C=O) groups excluding carboxylic acids is 1.